The minimum absolute atomic E-state index is 0.196. The number of benzene rings is 1. The first-order valence-electron chi connectivity index (χ1n) is 7.86. The van der Waals surface area contributed by atoms with Crippen molar-refractivity contribution >= 4 is 17.5 Å². The van der Waals surface area contributed by atoms with Gasteiger partial charge in [0.15, 0.2) is 5.69 Å². The average Bonchev–Trinajstić information content (AvgIpc) is 2.95. The molecule has 0 saturated carbocycles. The summed E-state index contributed by atoms with van der Waals surface area (Å²) in [6.07, 6.45) is 3.34. The van der Waals surface area contributed by atoms with Crippen LogP contribution < -0.4 is 11.1 Å². The van der Waals surface area contributed by atoms with Crippen LogP contribution in [0.4, 0.5) is 0 Å². The number of aromatic nitrogens is 3. The minimum Gasteiger partial charge on any atom is -0.351 e. The molecule has 6 nitrogen and oxygen atoms in total. The van der Waals surface area contributed by atoms with Crippen LogP contribution in [0, 0.1) is 0 Å². The van der Waals surface area contributed by atoms with Crippen molar-refractivity contribution in [2.24, 2.45) is 5.73 Å². The van der Waals surface area contributed by atoms with Crippen LogP contribution in [0.2, 0.25) is 5.02 Å². The topological polar surface area (TPSA) is 85.8 Å². The van der Waals surface area contributed by atoms with Crippen LogP contribution in [0.1, 0.15) is 42.4 Å². The van der Waals surface area contributed by atoms with Crippen molar-refractivity contribution in [2.45, 2.75) is 32.6 Å². The Hall–Kier alpha value is -1.92. The largest absolute Gasteiger partial charge is 0.351 e. The molecule has 0 radical (unpaired) electrons. The van der Waals surface area contributed by atoms with Crippen LogP contribution in [0.15, 0.2) is 24.3 Å². The summed E-state index contributed by atoms with van der Waals surface area (Å²) >= 11 is 6.04. The van der Waals surface area contributed by atoms with E-state index in [1.807, 2.05) is 12.1 Å². The van der Waals surface area contributed by atoms with Gasteiger partial charge in [0.25, 0.3) is 5.91 Å². The van der Waals surface area contributed by atoms with Gasteiger partial charge in [-0.05, 0) is 44.0 Å². The molecule has 0 spiro atoms. The third-order valence-electron chi connectivity index (χ3n) is 3.43. The number of nitrogens with zero attached hydrogens (tertiary/aromatic N) is 3. The Kier molecular flexibility index (Phi) is 6.55. The van der Waals surface area contributed by atoms with Gasteiger partial charge in [0, 0.05) is 11.6 Å². The van der Waals surface area contributed by atoms with Gasteiger partial charge in [0.2, 0.25) is 0 Å². The Balaban J connectivity index is 2.22. The van der Waals surface area contributed by atoms with E-state index in [0.29, 0.717) is 30.2 Å². The van der Waals surface area contributed by atoms with Crippen molar-refractivity contribution < 1.29 is 4.79 Å². The van der Waals surface area contributed by atoms with Crippen molar-refractivity contribution in [1.29, 1.82) is 0 Å². The van der Waals surface area contributed by atoms with Crippen molar-refractivity contribution in [3.8, 4) is 5.69 Å². The Labute approximate surface area is 141 Å². The summed E-state index contributed by atoms with van der Waals surface area (Å²) in [5, 5.41) is 11.7. The first kappa shape index (κ1) is 17.4. The normalized spacial score (nSPS) is 10.7. The molecule has 2 aromatic rings. The lowest BCUT2D eigenvalue weighted by atomic mass is 10.2. The molecule has 0 aliphatic rings. The molecule has 1 heterocycles. The van der Waals surface area contributed by atoms with Gasteiger partial charge in [-0.15, -0.1) is 5.10 Å². The van der Waals surface area contributed by atoms with E-state index in [2.05, 4.69) is 22.6 Å². The van der Waals surface area contributed by atoms with Gasteiger partial charge in [-0.25, -0.2) is 4.68 Å². The molecule has 0 unspecified atom stereocenters. The average molecular weight is 336 g/mol. The number of halogens is 1. The summed E-state index contributed by atoms with van der Waals surface area (Å²) in [7, 11) is 0. The Morgan fingerprint density at radius 2 is 2.22 bits per heavy atom. The smallest absolute Gasteiger partial charge is 0.273 e. The molecule has 23 heavy (non-hydrogen) atoms. The van der Waals surface area contributed by atoms with Crippen molar-refractivity contribution in [1.82, 2.24) is 20.3 Å². The second-order valence-electron chi connectivity index (χ2n) is 5.28. The van der Waals surface area contributed by atoms with Gasteiger partial charge in [-0.3, -0.25) is 4.79 Å². The number of hydrogen-bond acceptors (Lipinski definition) is 4. The lowest BCUT2D eigenvalue weighted by molar-refractivity contribution is 0.0947. The molecule has 124 valence electrons. The van der Waals surface area contributed by atoms with Gasteiger partial charge in [-0.2, -0.15) is 0 Å². The second kappa shape index (κ2) is 8.64. The molecular formula is C16H22ClN5O. The third kappa shape index (κ3) is 4.53. The van der Waals surface area contributed by atoms with E-state index in [1.54, 1.807) is 16.8 Å². The first-order valence-corrected chi connectivity index (χ1v) is 8.24. The number of nitrogens with two attached hydrogens (primary N) is 1. The fourth-order valence-electron chi connectivity index (χ4n) is 2.31. The number of unbranched alkanes of at least 4 members (excludes halogenated alkanes) is 1. The number of nitrogens with one attached hydrogen (secondary N) is 1. The van der Waals surface area contributed by atoms with Gasteiger partial charge in [0.05, 0.1) is 11.4 Å². The molecule has 0 aliphatic heterocycles. The highest BCUT2D eigenvalue weighted by atomic mass is 35.5. The fourth-order valence-corrected chi connectivity index (χ4v) is 2.49. The van der Waals surface area contributed by atoms with Gasteiger partial charge < -0.3 is 11.1 Å². The summed E-state index contributed by atoms with van der Waals surface area (Å²) in [5.41, 5.74) is 7.42. The number of carbonyl (C=O) groups excluding carboxylic acids is 1. The predicted octanol–water partition coefficient (Wildman–Crippen LogP) is 2.34. The van der Waals surface area contributed by atoms with E-state index in [4.69, 9.17) is 17.3 Å². The summed E-state index contributed by atoms with van der Waals surface area (Å²) in [5.74, 6) is -0.196. The quantitative estimate of drug-likeness (QED) is 0.725. The number of hydrogen-bond donors (Lipinski definition) is 2. The predicted molar refractivity (Wildman–Crippen MR) is 91.0 cm³/mol. The second-order valence-corrected chi connectivity index (χ2v) is 5.71. The number of rotatable bonds is 8. The Morgan fingerprint density at radius 1 is 1.39 bits per heavy atom. The molecule has 0 atom stereocenters. The van der Waals surface area contributed by atoms with Crippen molar-refractivity contribution in [3.05, 3.63) is 40.7 Å². The van der Waals surface area contributed by atoms with Crippen LogP contribution >= 0.6 is 11.6 Å². The maximum absolute atomic E-state index is 12.3. The molecule has 0 aliphatic carbocycles. The van der Waals surface area contributed by atoms with Gasteiger partial charge in [0.1, 0.15) is 0 Å². The van der Waals surface area contributed by atoms with Crippen molar-refractivity contribution in [3.63, 3.8) is 0 Å². The number of amides is 1. The molecule has 0 bridgehead atoms. The van der Waals surface area contributed by atoms with Crippen LogP contribution in [0.3, 0.4) is 0 Å². The van der Waals surface area contributed by atoms with E-state index in [1.165, 1.54) is 0 Å². The van der Waals surface area contributed by atoms with E-state index in [-0.39, 0.29) is 5.91 Å². The fraction of sp³-hybridized carbons (Fsp3) is 0.438. The Bertz CT molecular complexity index is 656. The summed E-state index contributed by atoms with van der Waals surface area (Å²) < 4.78 is 1.68. The SMILES string of the molecule is CCCc1c(C(=O)NCCCCN)nnn1-c1cccc(Cl)c1. The zero-order valence-corrected chi connectivity index (χ0v) is 14.0. The highest BCUT2D eigenvalue weighted by Crippen LogP contribution is 2.18. The first-order chi connectivity index (χ1) is 11.2. The van der Waals surface area contributed by atoms with E-state index < -0.39 is 0 Å². The highest BCUT2D eigenvalue weighted by Gasteiger charge is 2.19. The lowest BCUT2D eigenvalue weighted by Gasteiger charge is -2.08. The maximum atomic E-state index is 12.3. The standard InChI is InChI=1S/C16H22ClN5O/c1-2-6-14-15(16(23)19-10-4-3-9-18)20-21-22(14)13-8-5-7-12(17)11-13/h5,7-8,11H,2-4,6,9-10,18H2,1H3,(H,19,23). The molecule has 0 fully saturated rings. The summed E-state index contributed by atoms with van der Waals surface area (Å²) in [4.78, 5) is 12.3. The third-order valence-corrected chi connectivity index (χ3v) is 3.67. The van der Waals surface area contributed by atoms with Crippen molar-refractivity contribution in [2.75, 3.05) is 13.1 Å². The maximum Gasteiger partial charge on any atom is 0.273 e. The molecule has 1 aromatic heterocycles. The molecule has 3 N–H and O–H groups in total. The number of carbonyl (C=O) groups is 1. The summed E-state index contributed by atoms with van der Waals surface area (Å²) in [6.45, 7) is 3.27. The van der Waals surface area contributed by atoms with E-state index >= 15 is 0 Å². The van der Waals surface area contributed by atoms with Gasteiger partial charge >= 0.3 is 0 Å². The minimum atomic E-state index is -0.196. The molecule has 1 aromatic carbocycles. The van der Waals surface area contributed by atoms with E-state index in [9.17, 15) is 4.79 Å². The molecular weight excluding hydrogens is 314 g/mol. The lowest BCUT2D eigenvalue weighted by Crippen LogP contribution is -2.26. The zero-order valence-electron chi connectivity index (χ0n) is 13.3. The molecule has 7 heteroatoms. The molecule has 0 saturated heterocycles. The molecule has 1 amide bonds. The monoisotopic (exact) mass is 335 g/mol. The van der Waals surface area contributed by atoms with Crippen LogP contribution in [0.5, 0.6) is 0 Å². The summed E-state index contributed by atoms with van der Waals surface area (Å²) in [6, 6.07) is 7.34. The zero-order chi connectivity index (χ0) is 16.7. The Morgan fingerprint density at radius 3 is 2.91 bits per heavy atom. The van der Waals surface area contributed by atoms with Crippen LogP contribution in [-0.4, -0.2) is 34.0 Å². The van der Waals surface area contributed by atoms with Crippen LogP contribution in [0.25, 0.3) is 5.69 Å². The van der Waals surface area contributed by atoms with Gasteiger partial charge in [-0.1, -0.05) is 36.2 Å². The van der Waals surface area contributed by atoms with Crippen LogP contribution in [-0.2, 0) is 6.42 Å². The van der Waals surface area contributed by atoms with E-state index in [0.717, 1.165) is 30.6 Å². The molecule has 2 rings (SSSR count). The highest BCUT2D eigenvalue weighted by molar-refractivity contribution is 6.30.